The number of rotatable bonds is 3. The second kappa shape index (κ2) is 5.10. The Morgan fingerprint density at radius 2 is 2.17 bits per heavy atom. The number of nitrogens with one attached hydrogen (secondary N) is 1. The SMILES string of the molecule is Cc1nn(C)cc1CNC(=O)C1(N)CCCCC1. The molecule has 1 saturated carbocycles. The van der Waals surface area contributed by atoms with Gasteiger partial charge in [-0.15, -0.1) is 0 Å². The van der Waals surface area contributed by atoms with Crippen LogP contribution in [0.4, 0.5) is 0 Å². The van der Waals surface area contributed by atoms with E-state index in [-0.39, 0.29) is 5.91 Å². The zero-order valence-corrected chi connectivity index (χ0v) is 11.2. The maximum absolute atomic E-state index is 12.1. The molecule has 5 nitrogen and oxygen atoms in total. The highest BCUT2D eigenvalue weighted by atomic mass is 16.2. The van der Waals surface area contributed by atoms with Crippen molar-refractivity contribution in [1.82, 2.24) is 15.1 Å². The van der Waals surface area contributed by atoms with Gasteiger partial charge in [-0.3, -0.25) is 9.48 Å². The minimum Gasteiger partial charge on any atom is -0.350 e. The fourth-order valence-corrected chi connectivity index (χ4v) is 2.58. The first kappa shape index (κ1) is 13.1. The average molecular weight is 250 g/mol. The van der Waals surface area contributed by atoms with Gasteiger partial charge in [0.25, 0.3) is 0 Å². The largest absolute Gasteiger partial charge is 0.350 e. The molecule has 5 heteroatoms. The second-order valence-electron chi connectivity index (χ2n) is 5.31. The van der Waals surface area contributed by atoms with Gasteiger partial charge < -0.3 is 11.1 Å². The summed E-state index contributed by atoms with van der Waals surface area (Å²) in [4.78, 5) is 12.1. The molecule has 1 aliphatic carbocycles. The molecule has 2 rings (SSSR count). The highest BCUT2D eigenvalue weighted by Gasteiger charge is 2.34. The lowest BCUT2D eigenvalue weighted by Gasteiger charge is -2.31. The highest BCUT2D eigenvalue weighted by molar-refractivity contribution is 5.86. The van der Waals surface area contributed by atoms with Gasteiger partial charge in [0.05, 0.1) is 11.2 Å². The van der Waals surface area contributed by atoms with Crippen molar-refractivity contribution in [3.8, 4) is 0 Å². The minimum absolute atomic E-state index is 0.0227. The molecule has 0 saturated heterocycles. The minimum atomic E-state index is -0.658. The molecule has 0 aromatic carbocycles. The van der Waals surface area contributed by atoms with E-state index >= 15 is 0 Å². The van der Waals surface area contributed by atoms with Crippen LogP contribution < -0.4 is 11.1 Å². The summed E-state index contributed by atoms with van der Waals surface area (Å²) < 4.78 is 1.76. The Labute approximate surface area is 108 Å². The Morgan fingerprint density at radius 1 is 1.50 bits per heavy atom. The van der Waals surface area contributed by atoms with E-state index in [2.05, 4.69) is 10.4 Å². The van der Waals surface area contributed by atoms with E-state index in [1.165, 1.54) is 6.42 Å². The van der Waals surface area contributed by atoms with E-state index in [9.17, 15) is 4.79 Å². The summed E-state index contributed by atoms with van der Waals surface area (Å²) in [6, 6.07) is 0. The fourth-order valence-electron chi connectivity index (χ4n) is 2.58. The van der Waals surface area contributed by atoms with Gasteiger partial charge in [0, 0.05) is 25.4 Å². The van der Waals surface area contributed by atoms with Crippen molar-refractivity contribution >= 4 is 5.91 Å². The van der Waals surface area contributed by atoms with Crippen molar-refractivity contribution in [1.29, 1.82) is 0 Å². The highest BCUT2D eigenvalue weighted by Crippen LogP contribution is 2.26. The summed E-state index contributed by atoms with van der Waals surface area (Å²) in [5, 5.41) is 7.20. The van der Waals surface area contributed by atoms with Gasteiger partial charge >= 0.3 is 0 Å². The van der Waals surface area contributed by atoms with E-state index in [1.54, 1.807) is 4.68 Å². The number of hydrogen-bond donors (Lipinski definition) is 2. The number of aromatic nitrogens is 2. The van der Waals surface area contributed by atoms with E-state index in [4.69, 9.17) is 5.73 Å². The molecule has 0 atom stereocenters. The summed E-state index contributed by atoms with van der Waals surface area (Å²) in [6.07, 6.45) is 6.81. The van der Waals surface area contributed by atoms with Gasteiger partial charge in [0.2, 0.25) is 5.91 Å². The van der Waals surface area contributed by atoms with Crippen LogP contribution in [0.5, 0.6) is 0 Å². The molecule has 3 N–H and O–H groups in total. The monoisotopic (exact) mass is 250 g/mol. The Balaban J connectivity index is 1.93. The summed E-state index contributed by atoms with van der Waals surface area (Å²) in [5.74, 6) is -0.0227. The third-order valence-corrected chi connectivity index (χ3v) is 3.75. The Kier molecular flexibility index (Phi) is 3.71. The molecule has 1 aliphatic rings. The zero-order chi connectivity index (χ0) is 13.2. The molecular weight excluding hydrogens is 228 g/mol. The lowest BCUT2D eigenvalue weighted by molar-refractivity contribution is -0.127. The summed E-state index contributed by atoms with van der Waals surface area (Å²) in [6.45, 7) is 2.46. The van der Waals surface area contributed by atoms with Crippen LogP contribution >= 0.6 is 0 Å². The van der Waals surface area contributed by atoms with Crippen LogP contribution in [-0.4, -0.2) is 21.2 Å². The van der Waals surface area contributed by atoms with E-state index in [0.29, 0.717) is 6.54 Å². The third kappa shape index (κ3) is 2.72. The Morgan fingerprint density at radius 3 is 2.72 bits per heavy atom. The standard InChI is InChI=1S/C13H22N4O/c1-10-11(9-17(2)16-10)8-15-12(18)13(14)6-4-3-5-7-13/h9H,3-8,14H2,1-2H3,(H,15,18). The molecule has 1 amide bonds. The number of carbonyl (C=O) groups is 1. The van der Waals surface area contributed by atoms with Crippen LogP contribution in [0.25, 0.3) is 0 Å². The van der Waals surface area contributed by atoms with Gasteiger partial charge in [-0.05, 0) is 19.8 Å². The van der Waals surface area contributed by atoms with Crippen LogP contribution in [0.2, 0.25) is 0 Å². The smallest absolute Gasteiger partial charge is 0.240 e. The quantitative estimate of drug-likeness (QED) is 0.840. The van der Waals surface area contributed by atoms with Crippen molar-refractivity contribution in [2.24, 2.45) is 12.8 Å². The second-order valence-corrected chi connectivity index (χ2v) is 5.31. The number of nitrogens with two attached hydrogens (primary N) is 1. The number of aryl methyl sites for hydroxylation is 2. The van der Waals surface area contributed by atoms with Gasteiger partial charge in [-0.25, -0.2) is 0 Å². The van der Waals surface area contributed by atoms with Gasteiger partial charge in [0.15, 0.2) is 0 Å². The van der Waals surface area contributed by atoms with Gasteiger partial charge in [-0.2, -0.15) is 5.10 Å². The van der Waals surface area contributed by atoms with E-state index in [0.717, 1.165) is 36.9 Å². The molecule has 0 radical (unpaired) electrons. The summed E-state index contributed by atoms with van der Waals surface area (Å²) in [5.41, 5.74) is 7.52. The van der Waals surface area contributed by atoms with Crippen molar-refractivity contribution in [2.75, 3.05) is 0 Å². The fraction of sp³-hybridized carbons (Fsp3) is 0.692. The van der Waals surface area contributed by atoms with Crippen LogP contribution in [0, 0.1) is 6.92 Å². The first-order valence-electron chi connectivity index (χ1n) is 6.57. The predicted octanol–water partition coefficient (Wildman–Crippen LogP) is 1.01. The molecule has 1 aromatic rings. The number of nitrogens with zero attached hydrogens (tertiary/aromatic N) is 2. The molecular formula is C13H22N4O. The third-order valence-electron chi connectivity index (χ3n) is 3.75. The normalized spacial score (nSPS) is 18.6. The molecule has 0 bridgehead atoms. The van der Waals surface area contributed by atoms with Crippen molar-refractivity contribution < 1.29 is 4.79 Å². The lowest BCUT2D eigenvalue weighted by atomic mass is 9.82. The molecule has 0 aliphatic heterocycles. The van der Waals surface area contributed by atoms with Gasteiger partial charge in [-0.1, -0.05) is 19.3 Å². The first-order chi connectivity index (χ1) is 8.51. The molecule has 0 spiro atoms. The molecule has 1 heterocycles. The van der Waals surface area contributed by atoms with Crippen LogP contribution in [0.1, 0.15) is 43.4 Å². The number of carbonyl (C=O) groups excluding carboxylic acids is 1. The zero-order valence-electron chi connectivity index (χ0n) is 11.2. The van der Waals surface area contributed by atoms with Crippen LogP contribution in [-0.2, 0) is 18.4 Å². The van der Waals surface area contributed by atoms with Crippen molar-refractivity contribution in [3.05, 3.63) is 17.5 Å². The molecule has 1 fully saturated rings. The molecule has 1 aromatic heterocycles. The van der Waals surface area contributed by atoms with E-state index < -0.39 is 5.54 Å². The summed E-state index contributed by atoms with van der Waals surface area (Å²) in [7, 11) is 1.88. The average Bonchev–Trinajstić information content (AvgIpc) is 2.65. The number of hydrogen-bond acceptors (Lipinski definition) is 3. The molecule has 0 unspecified atom stereocenters. The Bertz CT molecular complexity index is 432. The predicted molar refractivity (Wildman–Crippen MR) is 69.8 cm³/mol. The topological polar surface area (TPSA) is 72.9 Å². The molecule has 18 heavy (non-hydrogen) atoms. The van der Waals surface area contributed by atoms with Crippen molar-refractivity contribution in [3.63, 3.8) is 0 Å². The van der Waals surface area contributed by atoms with E-state index in [1.807, 2.05) is 20.2 Å². The number of amides is 1. The van der Waals surface area contributed by atoms with Gasteiger partial charge in [0.1, 0.15) is 0 Å². The lowest BCUT2D eigenvalue weighted by Crippen LogP contribution is -2.54. The maximum Gasteiger partial charge on any atom is 0.240 e. The first-order valence-corrected chi connectivity index (χ1v) is 6.57. The van der Waals surface area contributed by atoms with Crippen LogP contribution in [0.15, 0.2) is 6.20 Å². The van der Waals surface area contributed by atoms with Crippen molar-refractivity contribution in [2.45, 2.75) is 51.1 Å². The molecule has 100 valence electrons. The summed E-state index contributed by atoms with van der Waals surface area (Å²) >= 11 is 0. The van der Waals surface area contributed by atoms with Crippen LogP contribution in [0.3, 0.4) is 0 Å². The Hall–Kier alpha value is -1.36. The maximum atomic E-state index is 12.1.